The van der Waals surface area contributed by atoms with E-state index in [4.69, 9.17) is 19.4 Å². The number of hydrogen-bond donors (Lipinski definition) is 3. The van der Waals surface area contributed by atoms with Gasteiger partial charge in [0, 0.05) is 17.8 Å². The van der Waals surface area contributed by atoms with E-state index >= 15 is 0 Å². The maximum Gasteiger partial charge on any atom is 0.410 e. The van der Waals surface area contributed by atoms with E-state index in [1.165, 1.54) is 11.1 Å². The second kappa shape index (κ2) is 12.5. The number of carbonyl (C=O) groups is 2. The van der Waals surface area contributed by atoms with Crippen LogP contribution in [0.15, 0.2) is 60.7 Å². The van der Waals surface area contributed by atoms with Crippen molar-refractivity contribution in [2.45, 2.75) is 109 Å². The molecule has 1 aliphatic heterocycles. The van der Waals surface area contributed by atoms with E-state index in [0.29, 0.717) is 6.54 Å². The third kappa shape index (κ3) is 6.55. The van der Waals surface area contributed by atoms with E-state index in [0.717, 1.165) is 101 Å². The van der Waals surface area contributed by atoms with Gasteiger partial charge in [0.25, 0.3) is 0 Å². The first-order valence-corrected chi connectivity index (χ1v) is 18.6. The van der Waals surface area contributed by atoms with Crippen LogP contribution in [0, 0.1) is 0 Å². The van der Waals surface area contributed by atoms with Crippen molar-refractivity contribution in [1.82, 2.24) is 30.2 Å². The highest BCUT2D eigenvalue weighted by Gasteiger charge is 2.44. The normalized spacial score (nSPS) is 18.0. The second-order valence-corrected chi connectivity index (χ2v) is 16.6. The molecule has 10 nitrogen and oxygen atoms in total. The first-order valence-electron chi connectivity index (χ1n) is 18.6. The quantitative estimate of drug-likeness (QED) is 0.168. The average Bonchev–Trinajstić information content (AvgIpc) is 3.82. The molecule has 3 aliphatic rings. The van der Waals surface area contributed by atoms with Gasteiger partial charge in [-0.15, -0.1) is 0 Å². The van der Waals surface area contributed by atoms with Crippen molar-refractivity contribution in [3.05, 3.63) is 83.6 Å². The Bertz CT molecular complexity index is 2160. The van der Waals surface area contributed by atoms with Crippen LogP contribution < -0.4 is 5.32 Å². The standard InChI is InChI=1S/C42H48N6O4/c1-40(2,3)51-38(49)47-42(20-8-21-42)37-45-32-19-16-29-23-27(14-17-30(29)35(32)46-37)25-10-12-26(13-11-25)28-15-18-31-33(24-28)44-36(43-31)34-9-7-22-48(34)39(50)52-41(4,5)6/h10-15,17-18,23-24,34H,7-9,16,19-22H2,1-6H3,(H,43,44)(H,45,46)(H,47,49)/t34-/m0/s1. The Morgan fingerprint density at radius 1 is 0.808 bits per heavy atom. The molecular weight excluding hydrogens is 652 g/mol. The number of aryl methyl sites for hydroxylation is 2. The topological polar surface area (TPSA) is 125 Å². The number of amides is 2. The number of H-pyrrole nitrogens is 2. The Balaban J connectivity index is 0.988. The van der Waals surface area contributed by atoms with Crippen LogP contribution in [0.5, 0.6) is 0 Å². The summed E-state index contributed by atoms with van der Waals surface area (Å²) in [6.45, 7) is 12.0. The molecule has 0 bridgehead atoms. The molecule has 8 rings (SSSR count). The summed E-state index contributed by atoms with van der Waals surface area (Å²) in [4.78, 5) is 44.5. The van der Waals surface area contributed by atoms with Crippen molar-refractivity contribution in [1.29, 1.82) is 0 Å². The minimum atomic E-state index is -0.558. The van der Waals surface area contributed by atoms with Crippen molar-refractivity contribution in [3.63, 3.8) is 0 Å². The Labute approximate surface area is 304 Å². The number of alkyl carbamates (subject to hydrolysis) is 1. The predicted octanol–water partition coefficient (Wildman–Crippen LogP) is 9.36. The number of fused-ring (bicyclic) bond motifs is 4. The molecule has 5 aromatic rings. The van der Waals surface area contributed by atoms with Gasteiger partial charge in [-0.2, -0.15) is 0 Å². The minimum Gasteiger partial charge on any atom is -0.444 e. The second-order valence-electron chi connectivity index (χ2n) is 16.6. The smallest absolute Gasteiger partial charge is 0.410 e. The van der Waals surface area contributed by atoms with Gasteiger partial charge in [-0.25, -0.2) is 19.6 Å². The number of ether oxygens (including phenoxy) is 2. The highest BCUT2D eigenvalue weighted by molar-refractivity contribution is 5.83. The third-order valence-corrected chi connectivity index (χ3v) is 10.4. The van der Waals surface area contributed by atoms with Gasteiger partial charge in [0.15, 0.2) is 0 Å². The van der Waals surface area contributed by atoms with Crippen molar-refractivity contribution in [3.8, 4) is 33.5 Å². The molecule has 3 heterocycles. The number of benzene rings is 3. The zero-order valence-electron chi connectivity index (χ0n) is 31.0. The lowest BCUT2D eigenvalue weighted by Crippen LogP contribution is -2.52. The van der Waals surface area contributed by atoms with Gasteiger partial charge in [-0.1, -0.05) is 48.5 Å². The highest BCUT2D eigenvalue weighted by Crippen LogP contribution is 2.43. The van der Waals surface area contributed by atoms with Gasteiger partial charge in [-0.3, -0.25) is 4.90 Å². The Hall–Kier alpha value is -5.12. The number of rotatable bonds is 5. The first-order chi connectivity index (χ1) is 24.7. The summed E-state index contributed by atoms with van der Waals surface area (Å²) in [6.07, 6.45) is 5.59. The summed E-state index contributed by atoms with van der Waals surface area (Å²) in [7, 11) is 0. The SMILES string of the molecule is CC(C)(C)OC(=O)NC1(c2nc3c([nH]2)CCc2cc(-c4ccc(-c5ccc6nc([C@@H]7CCCN7C(=O)OC(C)(C)C)[nH]c6c5)cc4)ccc2-3)CCC1. The van der Waals surface area contributed by atoms with E-state index in [-0.39, 0.29) is 12.1 Å². The number of carbonyl (C=O) groups excluding carboxylic acids is 2. The Morgan fingerprint density at radius 3 is 2.15 bits per heavy atom. The van der Waals surface area contributed by atoms with Crippen LogP contribution in [-0.2, 0) is 27.9 Å². The number of imidazole rings is 2. The maximum atomic E-state index is 12.9. The molecule has 270 valence electrons. The molecule has 10 heteroatoms. The largest absolute Gasteiger partial charge is 0.444 e. The lowest BCUT2D eigenvalue weighted by molar-refractivity contribution is 0.0218. The maximum absolute atomic E-state index is 12.9. The summed E-state index contributed by atoms with van der Waals surface area (Å²) >= 11 is 0. The number of aromatic amines is 2. The van der Waals surface area contributed by atoms with Crippen LogP contribution in [0.2, 0.25) is 0 Å². The van der Waals surface area contributed by atoms with Crippen LogP contribution in [0.4, 0.5) is 9.59 Å². The van der Waals surface area contributed by atoms with E-state index in [2.05, 4.69) is 69.9 Å². The van der Waals surface area contributed by atoms with E-state index in [1.807, 2.05) is 47.6 Å². The van der Waals surface area contributed by atoms with Crippen molar-refractivity contribution in [2.24, 2.45) is 0 Å². The third-order valence-electron chi connectivity index (χ3n) is 10.4. The van der Waals surface area contributed by atoms with Crippen LogP contribution >= 0.6 is 0 Å². The molecule has 2 aromatic heterocycles. The molecule has 3 aromatic carbocycles. The molecule has 0 radical (unpaired) electrons. The van der Waals surface area contributed by atoms with Crippen molar-refractivity contribution < 1.29 is 19.1 Å². The summed E-state index contributed by atoms with van der Waals surface area (Å²) in [6, 6.07) is 21.5. The monoisotopic (exact) mass is 700 g/mol. The van der Waals surface area contributed by atoms with Gasteiger partial charge >= 0.3 is 12.2 Å². The molecule has 0 unspecified atom stereocenters. The zero-order valence-corrected chi connectivity index (χ0v) is 31.0. The fourth-order valence-corrected chi connectivity index (χ4v) is 7.77. The fraction of sp³-hybridized carbons (Fsp3) is 0.429. The van der Waals surface area contributed by atoms with Gasteiger partial charge < -0.3 is 24.8 Å². The van der Waals surface area contributed by atoms with E-state index in [9.17, 15) is 9.59 Å². The molecule has 0 spiro atoms. The lowest BCUT2D eigenvalue weighted by Gasteiger charge is -2.40. The summed E-state index contributed by atoms with van der Waals surface area (Å²) in [5.74, 6) is 1.63. The highest BCUT2D eigenvalue weighted by atomic mass is 16.6. The van der Waals surface area contributed by atoms with E-state index < -0.39 is 22.8 Å². The van der Waals surface area contributed by atoms with Crippen molar-refractivity contribution in [2.75, 3.05) is 6.54 Å². The number of likely N-dealkylation sites (tertiary alicyclic amines) is 1. The molecular formula is C42H48N6O4. The first kappa shape index (κ1) is 34.0. The molecule has 2 amide bonds. The number of hydrogen-bond acceptors (Lipinski definition) is 6. The number of nitrogens with zero attached hydrogens (tertiary/aromatic N) is 3. The van der Waals surface area contributed by atoms with Crippen LogP contribution in [0.1, 0.15) is 103 Å². The van der Waals surface area contributed by atoms with Gasteiger partial charge in [-0.05, 0) is 126 Å². The summed E-state index contributed by atoms with van der Waals surface area (Å²) in [5.41, 5.74) is 9.31. The Morgan fingerprint density at radius 2 is 1.48 bits per heavy atom. The predicted molar refractivity (Wildman–Crippen MR) is 202 cm³/mol. The minimum absolute atomic E-state index is 0.121. The number of aromatic nitrogens is 4. The summed E-state index contributed by atoms with van der Waals surface area (Å²) < 4.78 is 11.3. The molecule has 3 N–H and O–H groups in total. The molecule has 52 heavy (non-hydrogen) atoms. The summed E-state index contributed by atoms with van der Waals surface area (Å²) in [5, 5.41) is 3.14. The molecule has 1 saturated heterocycles. The fourth-order valence-electron chi connectivity index (χ4n) is 7.77. The Kier molecular flexibility index (Phi) is 8.19. The zero-order chi connectivity index (χ0) is 36.4. The average molecular weight is 701 g/mol. The van der Waals surface area contributed by atoms with Crippen LogP contribution in [0.25, 0.3) is 44.5 Å². The number of nitrogens with one attached hydrogen (secondary N) is 3. The van der Waals surface area contributed by atoms with Crippen molar-refractivity contribution >= 4 is 23.2 Å². The van der Waals surface area contributed by atoms with Gasteiger partial charge in [0.2, 0.25) is 0 Å². The van der Waals surface area contributed by atoms with Gasteiger partial charge in [0.1, 0.15) is 28.4 Å². The van der Waals surface area contributed by atoms with Gasteiger partial charge in [0.05, 0.1) is 22.8 Å². The van der Waals surface area contributed by atoms with Crippen LogP contribution in [0.3, 0.4) is 0 Å². The van der Waals surface area contributed by atoms with E-state index in [1.54, 1.807) is 4.90 Å². The molecule has 2 aliphatic carbocycles. The molecule has 1 atom stereocenters. The van der Waals surface area contributed by atoms with Crippen LogP contribution in [-0.4, -0.2) is 54.8 Å². The molecule has 1 saturated carbocycles. The lowest BCUT2D eigenvalue weighted by atomic mass is 9.76. The molecule has 2 fully saturated rings.